The summed E-state index contributed by atoms with van der Waals surface area (Å²) in [4.78, 5) is 15.2. The van der Waals surface area contributed by atoms with Crippen molar-refractivity contribution in [2.24, 2.45) is 0 Å². The topological polar surface area (TPSA) is 63.3 Å². The average molecular weight is 407 g/mol. The van der Waals surface area contributed by atoms with E-state index in [2.05, 4.69) is 26.8 Å². The molecule has 29 heavy (non-hydrogen) atoms. The lowest BCUT2D eigenvalue weighted by Gasteiger charge is -2.24. The van der Waals surface area contributed by atoms with Crippen LogP contribution in [0.3, 0.4) is 0 Å². The number of nitrogens with one attached hydrogen (secondary N) is 1. The quantitative estimate of drug-likeness (QED) is 0.499. The minimum absolute atomic E-state index is 0.0999. The standard InChI is InChI=1S/C22H22N4O2S/c1-25(2)20(16-10-12-29-15-16)14-23-22(27)19-13-18(21-9-6-11-28-21)24-26(19)17-7-4-3-5-8-17/h3-13,15,20H,14H2,1-2H3,(H,23,27). The molecule has 1 unspecified atom stereocenters. The Bertz CT molecular complexity index is 1050. The van der Waals surface area contributed by atoms with Gasteiger partial charge in [0.25, 0.3) is 5.91 Å². The lowest BCUT2D eigenvalue weighted by Crippen LogP contribution is -2.35. The molecule has 3 aromatic heterocycles. The van der Waals surface area contributed by atoms with Gasteiger partial charge in [0.1, 0.15) is 11.4 Å². The third-order valence-corrected chi connectivity index (χ3v) is 5.43. The molecule has 0 spiro atoms. The highest BCUT2D eigenvalue weighted by molar-refractivity contribution is 7.07. The Morgan fingerprint density at radius 3 is 2.69 bits per heavy atom. The van der Waals surface area contributed by atoms with Gasteiger partial charge in [-0.15, -0.1) is 0 Å². The molecule has 1 amide bonds. The zero-order valence-corrected chi connectivity index (χ0v) is 17.1. The lowest BCUT2D eigenvalue weighted by molar-refractivity contribution is 0.0934. The van der Waals surface area contributed by atoms with Crippen LogP contribution in [-0.4, -0.2) is 41.2 Å². The Kier molecular flexibility index (Phi) is 5.59. The maximum absolute atomic E-state index is 13.1. The van der Waals surface area contributed by atoms with E-state index >= 15 is 0 Å². The van der Waals surface area contributed by atoms with Crippen molar-refractivity contribution in [3.05, 3.63) is 82.9 Å². The number of para-hydroxylation sites is 1. The smallest absolute Gasteiger partial charge is 0.270 e. The number of carbonyl (C=O) groups is 1. The van der Waals surface area contributed by atoms with E-state index in [1.165, 1.54) is 5.56 Å². The number of aromatic nitrogens is 2. The number of benzene rings is 1. The molecule has 148 valence electrons. The van der Waals surface area contributed by atoms with Crippen molar-refractivity contribution in [1.29, 1.82) is 0 Å². The van der Waals surface area contributed by atoms with Crippen LogP contribution in [-0.2, 0) is 0 Å². The number of furan rings is 1. The maximum Gasteiger partial charge on any atom is 0.270 e. The Balaban J connectivity index is 1.62. The molecule has 0 fully saturated rings. The van der Waals surface area contributed by atoms with Crippen molar-refractivity contribution in [2.75, 3.05) is 20.6 Å². The summed E-state index contributed by atoms with van der Waals surface area (Å²) in [5, 5.41) is 11.8. The second kappa shape index (κ2) is 8.46. The Morgan fingerprint density at radius 2 is 2.03 bits per heavy atom. The van der Waals surface area contributed by atoms with Gasteiger partial charge in [0.15, 0.2) is 5.76 Å². The molecular weight excluding hydrogens is 384 g/mol. The zero-order chi connectivity index (χ0) is 20.2. The number of hydrogen-bond donors (Lipinski definition) is 1. The Hall–Kier alpha value is -3.16. The van der Waals surface area contributed by atoms with Gasteiger partial charge in [-0.25, -0.2) is 4.68 Å². The summed E-state index contributed by atoms with van der Waals surface area (Å²) in [6, 6.07) is 17.2. The fourth-order valence-electron chi connectivity index (χ4n) is 3.20. The summed E-state index contributed by atoms with van der Waals surface area (Å²) in [5.74, 6) is 0.444. The monoisotopic (exact) mass is 406 g/mol. The average Bonchev–Trinajstić information content (AvgIpc) is 3.49. The largest absolute Gasteiger partial charge is 0.463 e. The first kappa shape index (κ1) is 19.2. The van der Waals surface area contributed by atoms with E-state index in [4.69, 9.17) is 4.42 Å². The van der Waals surface area contributed by atoms with Gasteiger partial charge in [0, 0.05) is 12.6 Å². The van der Waals surface area contributed by atoms with E-state index < -0.39 is 0 Å². The third kappa shape index (κ3) is 4.16. The van der Waals surface area contributed by atoms with E-state index in [9.17, 15) is 4.79 Å². The first-order valence-electron chi connectivity index (χ1n) is 9.29. The summed E-state index contributed by atoms with van der Waals surface area (Å²) < 4.78 is 7.12. The molecule has 0 radical (unpaired) electrons. The van der Waals surface area contributed by atoms with E-state index in [1.807, 2.05) is 55.9 Å². The number of nitrogens with zero attached hydrogens (tertiary/aromatic N) is 3. The van der Waals surface area contributed by atoms with Crippen LogP contribution in [0.2, 0.25) is 0 Å². The van der Waals surface area contributed by atoms with Crippen LogP contribution in [0.4, 0.5) is 0 Å². The Morgan fingerprint density at radius 1 is 1.21 bits per heavy atom. The van der Waals surface area contributed by atoms with Crippen molar-refractivity contribution >= 4 is 17.2 Å². The van der Waals surface area contributed by atoms with Gasteiger partial charge in [-0.2, -0.15) is 16.4 Å². The molecule has 0 aliphatic carbocycles. The fraction of sp³-hybridized carbons (Fsp3) is 0.182. The second-order valence-corrected chi connectivity index (χ2v) is 7.67. The summed E-state index contributed by atoms with van der Waals surface area (Å²) >= 11 is 1.65. The maximum atomic E-state index is 13.1. The van der Waals surface area contributed by atoms with Crippen molar-refractivity contribution in [3.63, 3.8) is 0 Å². The lowest BCUT2D eigenvalue weighted by atomic mass is 10.1. The number of rotatable bonds is 7. The van der Waals surface area contributed by atoms with Gasteiger partial charge in [-0.05, 0) is 60.8 Å². The fourth-order valence-corrected chi connectivity index (χ4v) is 3.90. The van der Waals surface area contributed by atoms with E-state index in [0.29, 0.717) is 23.7 Å². The highest BCUT2D eigenvalue weighted by atomic mass is 32.1. The van der Waals surface area contributed by atoms with E-state index in [-0.39, 0.29) is 11.9 Å². The molecule has 1 atom stereocenters. The summed E-state index contributed by atoms with van der Waals surface area (Å²) in [7, 11) is 4.02. The molecule has 6 nitrogen and oxygen atoms in total. The molecule has 0 saturated heterocycles. The van der Waals surface area contributed by atoms with E-state index in [1.54, 1.807) is 34.4 Å². The predicted octanol–water partition coefficient (Wildman–Crippen LogP) is 4.23. The number of hydrogen-bond acceptors (Lipinski definition) is 5. The minimum Gasteiger partial charge on any atom is -0.463 e. The van der Waals surface area contributed by atoms with Crippen molar-refractivity contribution in [3.8, 4) is 17.1 Å². The third-order valence-electron chi connectivity index (χ3n) is 4.72. The molecule has 1 aromatic carbocycles. The number of amides is 1. The Labute approximate surface area is 173 Å². The molecule has 1 N–H and O–H groups in total. The van der Waals surface area contributed by atoms with Crippen molar-refractivity contribution in [2.45, 2.75) is 6.04 Å². The zero-order valence-electron chi connectivity index (χ0n) is 16.3. The van der Waals surface area contributed by atoms with Crippen LogP contribution in [0.5, 0.6) is 0 Å². The van der Waals surface area contributed by atoms with Gasteiger partial charge in [0.2, 0.25) is 0 Å². The van der Waals surface area contributed by atoms with Gasteiger partial charge in [0.05, 0.1) is 18.0 Å². The number of thiophene rings is 1. The number of likely N-dealkylation sites (N-methyl/N-ethyl adjacent to an activating group) is 1. The highest BCUT2D eigenvalue weighted by Crippen LogP contribution is 2.23. The molecule has 0 aliphatic rings. The minimum atomic E-state index is -0.179. The molecule has 3 heterocycles. The molecule has 7 heteroatoms. The summed E-state index contributed by atoms with van der Waals surface area (Å²) in [6.07, 6.45) is 1.60. The van der Waals surface area contributed by atoms with Crippen molar-refractivity contribution in [1.82, 2.24) is 20.0 Å². The van der Waals surface area contributed by atoms with Crippen LogP contribution >= 0.6 is 11.3 Å². The summed E-state index contributed by atoms with van der Waals surface area (Å²) in [6.45, 7) is 0.499. The molecular formula is C22H22N4O2S. The van der Waals surface area contributed by atoms with Gasteiger partial charge in [-0.1, -0.05) is 18.2 Å². The molecule has 4 aromatic rings. The normalized spacial score (nSPS) is 12.2. The van der Waals surface area contributed by atoms with Crippen LogP contribution < -0.4 is 5.32 Å². The summed E-state index contributed by atoms with van der Waals surface area (Å²) in [5.41, 5.74) is 3.09. The van der Waals surface area contributed by atoms with Crippen LogP contribution in [0.15, 0.2) is 76.0 Å². The van der Waals surface area contributed by atoms with Crippen LogP contribution in [0.1, 0.15) is 22.1 Å². The van der Waals surface area contributed by atoms with Crippen LogP contribution in [0, 0.1) is 0 Å². The second-order valence-electron chi connectivity index (χ2n) is 6.89. The SMILES string of the molecule is CN(C)C(CNC(=O)c1cc(-c2ccco2)nn1-c1ccccc1)c1ccsc1. The first-order chi connectivity index (χ1) is 14.1. The predicted molar refractivity (Wildman–Crippen MR) is 114 cm³/mol. The van der Waals surface area contributed by atoms with Gasteiger partial charge in [-0.3, -0.25) is 4.79 Å². The van der Waals surface area contributed by atoms with Crippen molar-refractivity contribution < 1.29 is 9.21 Å². The first-order valence-corrected chi connectivity index (χ1v) is 10.2. The molecule has 0 bridgehead atoms. The number of carbonyl (C=O) groups excluding carboxylic acids is 1. The van der Waals surface area contributed by atoms with Gasteiger partial charge >= 0.3 is 0 Å². The van der Waals surface area contributed by atoms with Crippen LogP contribution in [0.25, 0.3) is 17.1 Å². The highest BCUT2D eigenvalue weighted by Gasteiger charge is 2.21. The molecule has 4 rings (SSSR count). The molecule has 0 aliphatic heterocycles. The van der Waals surface area contributed by atoms with Gasteiger partial charge < -0.3 is 14.6 Å². The van der Waals surface area contributed by atoms with E-state index in [0.717, 1.165) is 5.69 Å². The molecule has 0 saturated carbocycles.